The van der Waals surface area contributed by atoms with Crippen molar-refractivity contribution in [1.29, 1.82) is 0 Å². The number of carbonyl (C=O) groups is 2. The zero-order valence-corrected chi connectivity index (χ0v) is 13.3. The molecule has 0 aliphatic rings. The average Bonchev–Trinajstić information content (AvgIpc) is 3.17. The molecule has 0 unspecified atom stereocenters. The number of rotatable bonds is 4. The first kappa shape index (κ1) is 15.1. The van der Waals surface area contributed by atoms with Crippen LogP contribution in [0.3, 0.4) is 0 Å². The molecular weight excluding hydrogens is 318 g/mol. The molecule has 3 rings (SSSR count). The number of carbonyl (C=O) groups excluding carboxylic acids is 2. The summed E-state index contributed by atoms with van der Waals surface area (Å²) < 4.78 is 6.15. The maximum atomic E-state index is 12.3. The van der Waals surface area contributed by atoms with Gasteiger partial charge >= 0.3 is 5.97 Å². The lowest BCUT2D eigenvalue weighted by atomic mass is 10.2. The van der Waals surface area contributed by atoms with Gasteiger partial charge in [-0.05, 0) is 18.6 Å². The van der Waals surface area contributed by atoms with Crippen LogP contribution in [0.4, 0.5) is 5.00 Å². The van der Waals surface area contributed by atoms with Crippen molar-refractivity contribution in [2.45, 2.75) is 13.3 Å². The molecule has 0 bridgehead atoms. The summed E-state index contributed by atoms with van der Waals surface area (Å²) >= 11 is 1.32. The number of aromatic nitrogens is 4. The Bertz CT molecular complexity index is 853. The summed E-state index contributed by atoms with van der Waals surface area (Å²) in [6.07, 6.45) is 3.96. The Morgan fingerprint density at radius 2 is 2.26 bits per heavy atom. The van der Waals surface area contributed by atoms with E-state index in [0.717, 1.165) is 11.3 Å². The summed E-state index contributed by atoms with van der Waals surface area (Å²) in [5.41, 5.74) is 0.324. The van der Waals surface area contributed by atoms with Crippen LogP contribution in [-0.2, 0) is 11.2 Å². The first-order valence-corrected chi connectivity index (χ1v) is 7.63. The van der Waals surface area contributed by atoms with Gasteiger partial charge in [0.1, 0.15) is 5.00 Å². The predicted molar refractivity (Wildman–Crippen MR) is 83.8 cm³/mol. The van der Waals surface area contributed by atoms with Gasteiger partial charge in [0.15, 0.2) is 0 Å². The van der Waals surface area contributed by atoms with Gasteiger partial charge in [-0.2, -0.15) is 4.98 Å². The number of esters is 1. The molecule has 8 nitrogen and oxygen atoms in total. The van der Waals surface area contributed by atoms with Gasteiger partial charge in [0, 0.05) is 17.3 Å². The zero-order valence-electron chi connectivity index (χ0n) is 12.4. The second-order valence-electron chi connectivity index (χ2n) is 4.55. The summed E-state index contributed by atoms with van der Waals surface area (Å²) in [6.45, 7) is 1.97. The molecule has 0 aliphatic heterocycles. The monoisotopic (exact) mass is 331 g/mol. The van der Waals surface area contributed by atoms with Gasteiger partial charge in [0.25, 0.3) is 11.7 Å². The fourth-order valence-corrected chi connectivity index (χ4v) is 2.94. The van der Waals surface area contributed by atoms with E-state index in [2.05, 4.69) is 20.4 Å². The van der Waals surface area contributed by atoms with E-state index in [0.29, 0.717) is 16.3 Å². The van der Waals surface area contributed by atoms with Crippen molar-refractivity contribution in [3.63, 3.8) is 0 Å². The number of thiophene rings is 1. The molecule has 0 fully saturated rings. The second kappa shape index (κ2) is 6.13. The Hall–Kier alpha value is -2.81. The lowest BCUT2D eigenvalue weighted by molar-refractivity contribution is 0.0602. The number of hydrogen-bond donors (Lipinski definition) is 1. The molecule has 9 heteroatoms. The third kappa shape index (κ3) is 2.90. The standard InChI is InChI=1S/C14H13N5O3S/c1-3-8-7-9(13(21)22-2)12(23-8)17-11(20)10-16-14-15-5-4-6-19(14)18-10/h4-7H,3H2,1-2H3,(H,17,20). The number of nitrogens with one attached hydrogen (secondary N) is 1. The Balaban J connectivity index is 1.90. The minimum Gasteiger partial charge on any atom is -0.465 e. The quantitative estimate of drug-likeness (QED) is 0.732. The van der Waals surface area contributed by atoms with Crippen LogP contribution in [0.25, 0.3) is 5.78 Å². The summed E-state index contributed by atoms with van der Waals surface area (Å²) in [6, 6.07) is 3.40. The van der Waals surface area contributed by atoms with Crippen molar-refractivity contribution in [1.82, 2.24) is 19.6 Å². The number of methoxy groups -OCH3 is 1. The SMILES string of the molecule is CCc1cc(C(=O)OC)c(NC(=O)c2nc3ncccn3n2)s1. The minimum absolute atomic E-state index is 0.0223. The van der Waals surface area contributed by atoms with Crippen LogP contribution in [0.2, 0.25) is 0 Å². The van der Waals surface area contributed by atoms with Crippen LogP contribution < -0.4 is 5.32 Å². The summed E-state index contributed by atoms with van der Waals surface area (Å²) in [5, 5.41) is 7.14. The maximum absolute atomic E-state index is 12.3. The molecule has 0 saturated carbocycles. The van der Waals surface area contributed by atoms with Gasteiger partial charge < -0.3 is 10.1 Å². The second-order valence-corrected chi connectivity index (χ2v) is 5.69. The van der Waals surface area contributed by atoms with E-state index in [1.807, 2.05) is 6.92 Å². The van der Waals surface area contributed by atoms with Crippen LogP contribution >= 0.6 is 11.3 Å². The highest BCUT2D eigenvalue weighted by Gasteiger charge is 2.20. The highest BCUT2D eigenvalue weighted by Crippen LogP contribution is 2.29. The van der Waals surface area contributed by atoms with E-state index < -0.39 is 11.9 Å². The number of hydrogen-bond acceptors (Lipinski definition) is 7. The normalized spacial score (nSPS) is 10.7. The number of nitrogens with zero attached hydrogens (tertiary/aromatic N) is 4. The van der Waals surface area contributed by atoms with E-state index >= 15 is 0 Å². The van der Waals surface area contributed by atoms with Crippen molar-refractivity contribution in [3.05, 3.63) is 40.8 Å². The zero-order chi connectivity index (χ0) is 16.4. The lowest BCUT2D eigenvalue weighted by Gasteiger charge is -2.02. The predicted octanol–water partition coefficient (Wildman–Crippen LogP) is 1.79. The summed E-state index contributed by atoms with van der Waals surface area (Å²) in [5.74, 6) is -0.705. The van der Waals surface area contributed by atoms with Crippen LogP contribution in [0.5, 0.6) is 0 Å². The minimum atomic E-state index is -0.509. The first-order valence-electron chi connectivity index (χ1n) is 6.82. The van der Waals surface area contributed by atoms with E-state index in [1.54, 1.807) is 24.5 Å². The summed E-state index contributed by atoms with van der Waals surface area (Å²) in [7, 11) is 1.30. The Kier molecular flexibility index (Phi) is 4.02. The average molecular weight is 331 g/mol. The fraction of sp³-hybridized carbons (Fsp3) is 0.214. The highest BCUT2D eigenvalue weighted by atomic mass is 32.1. The molecular formula is C14H13N5O3S. The van der Waals surface area contributed by atoms with E-state index in [4.69, 9.17) is 4.74 Å². The number of aryl methyl sites for hydroxylation is 1. The largest absolute Gasteiger partial charge is 0.465 e. The van der Waals surface area contributed by atoms with Crippen molar-refractivity contribution in [2.24, 2.45) is 0 Å². The third-order valence-corrected chi connectivity index (χ3v) is 4.28. The van der Waals surface area contributed by atoms with Crippen molar-refractivity contribution < 1.29 is 14.3 Å². The molecule has 3 heterocycles. The molecule has 0 radical (unpaired) electrons. The van der Waals surface area contributed by atoms with Gasteiger partial charge in [-0.1, -0.05) is 6.92 Å². The molecule has 3 aromatic heterocycles. The topological polar surface area (TPSA) is 98.5 Å². The van der Waals surface area contributed by atoms with Gasteiger partial charge in [0.05, 0.1) is 12.7 Å². The van der Waals surface area contributed by atoms with E-state index in [1.165, 1.54) is 23.0 Å². The molecule has 1 amide bonds. The molecule has 0 aliphatic carbocycles. The van der Waals surface area contributed by atoms with Gasteiger partial charge in [-0.15, -0.1) is 16.4 Å². The molecule has 1 N–H and O–H groups in total. The first-order chi connectivity index (χ1) is 11.1. The number of fused-ring (bicyclic) bond motifs is 1. The van der Waals surface area contributed by atoms with Crippen LogP contribution in [0.1, 0.15) is 32.8 Å². The third-order valence-electron chi connectivity index (χ3n) is 3.08. The summed E-state index contributed by atoms with van der Waals surface area (Å²) in [4.78, 5) is 33.1. The number of ether oxygens (including phenoxy) is 1. The van der Waals surface area contributed by atoms with Crippen molar-refractivity contribution in [2.75, 3.05) is 12.4 Å². The molecule has 0 saturated heterocycles. The lowest BCUT2D eigenvalue weighted by Crippen LogP contribution is -2.15. The van der Waals surface area contributed by atoms with Crippen LogP contribution in [-0.4, -0.2) is 38.6 Å². The van der Waals surface area contributed by atoms with Crippen LogP contribution in [0, 0.1) is 0 Å². The Morgan fingerprint density at radius 1 is 1.43 bits per heavy atom. The van der Waals surface area contributed by atoms with Crippen LogP contribution in [0.15, 0.2) is 24.5 Å². The fourth-order valence-electron chi connectivity index (χ4n) is 1.96. The molecule has 0 spiro atoms. The number of amides is 1. The van der Waals surface area contributed by atoms with Gasteiger partial charge in [-0.3, -0.25) is 4.79 Å². The molecule has 118 valence electrons. The number of anilines is 1. The molecule has 23 heavy (non-hydrogen) atoms. The van der Waals surface area contributed by atoms with E-state index in [9.17, 15) is 9.59 Å². The van der Waals surface area contributed by atoms with Crippen molar-refractivity contribution in [3.8, 4) is 0 Å². The molecule has 3 aromatic rings. The Morgan fingerprint density at radius 3 is 2.96 bits per heavy atom. The maximum Gasteiger partial charge on any atom is 0.340 e. The molecule has 0 aromatic carbocycles. The van der Waals surface area contributed by atoms with E-state index in [-0.39, 0.29) is 5.82 Å². The Labute approximate surface area is 135 Å². The van der Waals surface area contributed by atoms with Gasteiger partial charge in [-0.25, -0.2) is 14.3 Å². The molecule has 0 atom stereocenters. The van der Waals surface area contributed by atoms with Crippen molar-refractivity contribution >= 4 is 34.0 Å². The highest BCUT2D eigenvalue weighted by molar-refractivity contribution is 7.16. The smallest absolute Gasteiger partial charge is 0.340 e. The van der Waals surface area contributed by atoms with Gasteiger partial charge in [0.2, 0.25) is 5.82 Å².